The van der Waals surface area contributed by atoms with Crippen molar-refractivity contribution in [2.24, 2.45) is 10.4 Å². The van der Waals surface area contributed by atoms with Gasteiger partial charge in [-0.3, -0.25) is 4.90 Å². The minimum absolute atomic E-state index is 0.602. The van der Waals surface area contributed by atoms with Gasteiger partial charge in [-0.15, -0.1) is 0 Å². The Bertz CT molecular complexity index is 649. The number of likely N-dealkylation sites (tertiary alicyclic amines) is 1. The van der Waals surface area contributed by atoms with Crippen molar-refractivity contribution in [1.82, 2.24) is 15.1 Å². The molecule has 148 valence electrons. The van der Waals surface area contributed by atoms with E-state index in [1.54, 1.807) is 0 Å². The molecule has 5 nitrogen and oxygen atoms in total. The monoisotopic (exact) mass is 370 g/mol. The standard InChI is InChI=1S/C22H34N4O/c1-2-23-21(26-11-10-22(18-26)8-5-9-22)24-16-19-6-3-4-7-20(19)17-25-12-14-27-15-13-25/h3-4,6-7H,2,5,8-18H2,1H3,(H,23,24). The fourth-order valence-corrected chi connectivity index (χ4v) is 4.65. The molecule has 2 heterocycles. The molecule has 0 bridgehead atoms. The van der Waals surface area contributed by atoms with Crippen LogP contribution >= 0.6 is 0 Å². The lowest BCUT2D eigenvalue weighted by molar-refractivity contribution is 0.0341. The third-order valence-electron chi connectivity index (χ3n) is 6.50. The third kappa shape index (κ3) is 4.46. The van der Waals surface area contributed by atoms with Crippen LogP contribution in [0, 0.1) is 5.41 Å². The Balaban J connectivity index is 1.43. The number of aliphatic imine (C=N–C) groups is 1. The average molecular weight is 371 g/mol. The van der Waals surface area contributed by atoms with E-state index in [9.17, 15) is 0 Å². The summed E-state index contributed by atoms with van der Waals surface area (Å²) in [4.78, 5) is 10.0. The lowest BCUT2D eigenvalue weighted by atomic mass is 9.68. The van der Waals surface area contributed by atoms with E-state index in [2.05, 4.69) is 46.3 Å². The molecule has 1 N–H and O–H groups in total. The molecular weight excluding hydrogens is 336 g/mol. The van der Waals surface area contributed by atoms with Gasteiger partial charge >= 0.3 is 0 Å². The Morgan fingerprint density at radius 1 is 1.11 bits per heavy atom. The summed E-state index contributed by atoms with van der Waals surface area (Å²) in [6.07, 6.45) is 5.57. The third-order valence-corrected chi connectivity index (χ3v) is 6.50. The molecule has 27 heavy (non-hydrogen) atoms. The molecule has 4 rings (SSSR count). The van der Waals surface area contributed by atoms with Gasteiger partial charge in [-0.05, 0) is 42.7 Å². The number of rotatable bonds is 5. The van der Waals surface area contributed by atoms with Crippen molar-refractivity contribution in [2.45, 2.75) is 45.7 Å². The molecule has 0 radical (unpaired) electrons. The van der Waals surface area contributed by atoms with Crippen LogP contribution in [0.15, 0.2) is 29.3 Å². The molecule has 0 aromatic heterocycles. The lowest BCUT2D eigenvalue weighted by Crippen LogP contribution is -2.42. The summed E-state index contributed by atoms with van der Waals surface area (Å²) >= 11 is 0. The Morgan fingerprint density at radius 2 is 1.89 bits per heavy atom. The van der Waals surface area contributed by atoms with E-state index in [1.807, 2.05) is 0 Å². The molecule has 0 atom stereocenters. The molecule has 1 spiro atoms. The smallest absolute Gasteiger partial charge is 0.194 e. The van der Waals surface area contributed by atoms with E-state index in [0.717, 1.165) is 58.4 Å². The summed E-state index contributed by atoms with van der Waals surface area (Å²) in [5, 5.41) is 3.53. The second kappa shape index (κ2) is 8.61. The molecular formula is C22H34N4O. The summed E-state index contributed by atoms with van der Waals surface area (Å²) in [5.41, 5.74) is 3.34. The summed E-state index contributed by atoms with van der Waals surface area (Å²) < 4.78 is 5.48. The number of nitrogens with zero attached hydrogens (tertiary/aromatic N) is 3. The Kier molecular flexibility index (Phi) is 5.98. The molecule has 5 heteroatoms. The molecule has 3 aliphatic rings. The van der Waals surface area contributed by atoms with Gasteiger partial charge in [-0.1, -0.05) is 30.7 Å². The molecule has 2 aliphatic heterocycles. The van der Waals surface area contributed by atoms with Gasteiger partial charge < -0.3 is 15.0 Å². The predicted octanol–water partition coefficient (Wildman–Crippen LogP) is 2.86. The minimum Gasteiger partial charge on any atom is -0.379 e. The first-order valence-electron chi connectivity index (χ1n) is 10.7. The van der Waals surface area contributed by atoms with Crippen LogP contribution in [0.25, 0.3) is 0 Å². The minimum atomic E-state index is 0.602. The van der Waals surface area contributed by atoms with Crippen LogP contribution in [0.3, 0.4) is 0 Å². The van der Waals surface area contributed by atoms with Crippen molar-refractivity contribution >= 4 is 5.96 Å². The maximum absolute atomic E-state index is 5.48. The Labute approximate surface area is 163 Å². The van der Waals surface area contributed by atoms with Crippen molar-refractivity contribution in [3.05, 3.63) is 35.4 Å². The van der Waals surface area contributed by atoms with Crippen molar-refractivity contribution in [3.8, 4) is 0 Å². The quantitative estimate of drug-likeness (QED) is 0.639. The van der Waals surface area contributed by atoms with Crippen molar-refractivity contribution in [3.63, 3.8) is 0 Å². The molecule has 3 fully saturated rings. The number of nitrogens with one attached hydrogen (secondary N) is 1. The summed E-state index contributed by atoms with van der Waals surface area (Å²) in [6.45, 7) is 10.9. The maximum Gasteiger partial charge on any atom is 0.194 e. The van der Waals surface area contributed by atoms with Gasteiger partial charge in [-0.2, -0.15) is 0 Å². The number of ether oxygens (including phenoxy) is 1. The number of guanidine groups is 1. The van der Waals surface area contributed by atoms with Gasteiger partial charge in [0.25, 0.3) is 0 Å². The highest BCUT2D eigenvalue weighted by molar-refractivity contribution is 5.80. The van der Waals surface area contributed by atoms with Gasteiger partial charge in [0.1, 0.15) is 0 Å². The highest BCUT2D eigenvalue weighted by atomic mass is 16.5. The van der Waals surface area contributed by atoms with E-state index in [0.29, 0.717) is 5.41 Å². The average Bonchev–Trinajstić information content (AvgIpc) is 3.13. The summed E-state index contributed by atoms with van der Waals surface area (Å²) in [5.74, 6) is 1.10. The summed E-state index contributed by atoms with van der Waals surface area (Å²) in [7, 11) is 0. The van der Waals surface area contributed by atoms with Gasteiger partial charge in [-0.25, -0.2) is 4.99 Å². The fourth-order valence-electron chi connectivity index (χ4n) is 4.65. The van der Waals surface area contributed by atoms with Crippen LogP contribution in [0.2, 0.25) is 0 Å². The number of hydrogen-bond donors (Lipinski definition) is 1. The zero-order chi connectivity index (χ0) is 18.5. The van der Waals surface area contributed by atoms with E-state index >= 15 is 0 Å². The predicted molar refractivity (Wildman–Crippen MR) is 110 cm³/mol. The van der Waals surface area contributed by atoms with Gasteiger partial charge in [0.15, 0.2) is 5.96 Å². The van der Waals surface area contributed by atoms with Gasteiger partial charge in [0.05, 0.1) is 19.8 Å². The molecule has 0 unspecified atom stereocenters. The normalized spacial score (nSPS) is 22.9. The highest BCUT2D eigenvalue weighted by Crippen LogP contribution is 2.47. The molecule has 1 aromatic rings. The van der Waals surface area contributed by atoms with Crippen LogP contribution in [0.5, 0.6) is 0 Å². The number of hydrogen-bond acceptors (Lipinski definition) is 3. The van der Waals surface area contributed by atoms with E-state index in [4.69, 9.17) is 9.73 Å². The Hall–Kier alpha value is -1.59. The second-order valence-electron chi connectivity index (χ2n) is 8.35. The van der Waals surface area contributed by atoms with Crippen molar-refractivity contribution in [2.75, 3.05) is 45.9 Å². The SMILES string of the molecule is CCNC(=NCc1ccccc1CN1CCOCC1)N1CCC2(CCC2)C1. The van der Waals surface area contributed by atoms with Crippen LogP contribution < -0.4 is 5.32 Å². The zero-order valence-corrected chi connectivity index (χ0v) is 16.8. The van der Waals surface area contributed by atoms with E-state index in [1.165, 1.54) is 43.4 Å². The van der Waals surface area contributed by atoms with Crippen LogP contribution in [-0.2, 0) is 17.8 Å². The zero-order valence-electron chi connectivity index (χ0n) is 16.8. The molecule has 1 aromatic carbocycles. The highest BCUT2D eigenvalue weighted by Gasteiger charge is 2.43. The molecule has 1 aliphatic carbocycles. The fraction of sp³-hybridized carbons (Fsp3) is 0.682. The summed E-state index contributed by atoms with van der Waals surface area (Å²) in [6, 6.07) is 8.78. The largest absolute Gasteiger partial charge is 0.379 e. The first-order valence-corrected chi connectivity index (χ1v) is 10.7. The lowest BCUT2D eigenvalue weighted by Gasteiger charge is -2.38. The molecule has 0 amide bonds. The first kappa shape index (κ1) is 18.8. The topological polar surface area (TPSA) is 40.1 Å². The van der Waals surface area contributed by atoms with E-state index in [-0.39, 0.29) is 0 Å². The van der Waals surface area contributed by atoms with E-state index < -0.39 is 0 Å². The second-order valence-corrected chi connectivity index (χ2v) is 8.35. The first-order chi connectivity index (χ1) is 13.3. The van der Waals surface area contributed by atoms with Crippen LogP contribution in [0.4, 0.5) is 0 Å². The van der Waals surface area contributed by atoms with Gasteiger partial charge in [0, 0.05) is 39.3 Å². The number of benzene rings is 1. The van der Waals surface area contributed by atoms with Crippen LogP contribution in [-0.4, -0.2) is 61.7 Å². The van der Waals surface area contributed by atoms with Gasteiger partial charge in [0.2, 0.25) is 0 Å². The van der Waals surface area contributed by atoms with Crippen LogP contribution in [0.1, 0.15) is 43.7 Å². The Morgan fingerprint density at radius 3 is 2.56 bits per heavy atom. The maximum atomic E-state index is 5.48. The van der Waals surface area contributed by atoms with Crippen molar-refractivity contribution in [1.29, 1.82) is 0 Å². The van der Waals surface area contributed by atoms with Crippen molar-refractivity contribution < 1.29 is 4.74 Å². The molecule has 2 saturated heterocycles. The number of morpholine rings is 1. The molecule has 1 saturated carbocycles.